The zero-order valence-electron chi connectivity index (χ0n) is 13.5. The van der Waals surface area contributed by atoms with Crippen LogP contribution in [0.3, 0.4) is 0 Å². The summed E-state index contributed by atoms with van der Waals surface area (Å²) in [5, 5.41) is 8.86. The number of hydrogen-bond donors (Lipinski definition) is 3. The largest absolute Gasteiger partial charge is 0.497 e. The van der Waals surface area contributed by atoms with E-state index in [1.807, 2.05) is 49.4 Å². The highest BCUT2D eigenvalue weighted by Gasteiger charge is 2.05. The number of aromatic nitrogens is 1. The van der Waals surface area contributed by atoms with Crippen LogP contribution in [0.1, 0.15) is 11.3 Å². The number of methoxy groups -OCH3 is 1. The topological polar surface area (TPSA) is 61.4 Å². The molecule has 3 rings (SSSR count). The molecule has 0 saturated carbocycles. The average molecular weight is 338 g/mol. The molecule has 0 aliphatic carbocycles. The summed E-state index contributed by atoms with van der Waals surface area (Å²) in [7, 11) is 1.63. The molecule has 5 nitrogen and oxygen atoms in total. The van der Waals surface area contributed by atoms with Crippen molar-refractivity contribution in [2.45, 2.75) is 6.92 Å². The molecule has 0 aliphatic heterocycles. The molecule has 0 bridgehead atoms. The summed E-state index contributed by atoms with van der Waals surface area (Å²) >= 11 is 5.25. The van der Waals surface area contributed by atoms with Crippen molar-refractivity contribution in [2.24, 2.45) is 5.10 Å². The molecule has 6 heteroatoms. The SMILES string of the molecule is COc1ccc(NC(=S)N/N=C/c2c(C)[nH]c3ccccc23)cc1. The molecule has 24 heavy (non-hydrogen) atoms. The first-order valence-electron chi connectivity index (χ1n) is 7.49. The third-order valence-corrected chi connectivity index (χ3v) is 3.84. The third-order valence-electron chi connectivity index (χ3n) is 3.65. The lowest BCUT2D eigenvalue weighted by molar-refractivity contribution is 0.415. The Morgan fingerprint density at radius 3 is 2.67 bits per heavy atom. The first-order chi connectivity index (χ1) is 11.7. The Hall–Kier alpha value is -2.86. The first kappa shape index (κ1) is 16.0. The zero-order valence-corrected chi connectivity index (χ0v) is 14.3. The maximum Gasteiger partial charge on any atom is 0.191 e. The van der Waals surface area contributed by atoms with Crippen molar-refractivity contribution in [1.29, 1.82) is 0 Å². The van der Waals surface area contributed by atoms with Gasteiger partial charge in [0, 0.05) is 27.8 Å². The molecule has 1 heterocycles. The molecular weight excluding hydrogens is 320 g/mol. The predicted octanol–water partition coefficient (Wildman–Crippen LogP) is 3.81. The summed E-state index contributed by atoms with van der Waals surface area (Å²) in [6, 6.07) is 15.6. The Labute approximate surface area is 145 Å². The molecule has 3 N–H and O–H groups in total. The Bertz CT molecular complexity index is 884. The van der Waals surface area contributed by atoms with Gasteiger partial charge in [-0.25, -0.2) is 0 Å². The lowest BCUT2D eigenvalue weighted by Gasteiger charge is -2.07. The van der Waals surface area contributed by atoms with E-state index in [0.717, 1.165) is 33.6 Å². The molecule has 3 aromatic rings. The fraction of sp³-hybridized carbons (Fsp3) is 0.111. The van der Waals surface area contributed by atoms with Gasteiger partial charge in [0.15, 0.2) is 5.11 Å². The van der Waals surface area contributed by atoms with Crippen LogP contribution in [0.5, 0.6) is 5.75 Å². The van der Waals surface area contributed by atoms with Crippen LogP contribution >= 0.6 is 12.2 Å². The molecule has 0 fully saturated rings. The molecule has 2 aromatic carbocycles. The minimum Gasteiger partial charge on any atom is -0.497 e. The van der Waals surface area contributed by atoms with Crippen molar-refractivity contribution >= 4 is 40.1 Å². The zero-order chi connectivity index (χ0) is 16.9. The van der Waals surface area contributed by atoms with Crippen molar-refractivity contribution in [2.75, 3.05) is 12.4 Å². The maximum atomic E-state index is 5.25. The van der Waals surface area contributed by atoms with Gasteiger partial charge in [0.05, 0.1) is 13.3 Å². The number of hydrazone groups is 1. The maximum absolute atomic E-state index is 5.25. The number of fused-ring (bicyclic) bond motifs is 1. The van der Waals surface area contributed by atoms with Gasteiger partial charge in [-0.15, -0.1) is 0 Å². The Balaban J connectivity index is 1.64. The quantitative estimate of drug-likeness (QED) is 0.385. The number of hydrogen-bond acceptors (Lipinski definition) is 3. The van der Waals surface area contributed by atoms with Gasteiger partial charge in [0.2, 0.25) is 0 Å². The highest BCUT2D eigenvalue weighted by atomic mass is 32.1. The van der Waals surface area contributed by atoms with E-state index in [0.29, 0.717) is 5.11 Å². The van der Waals surface area contributed by atoms with Crippen LogP contribution in [0.2, 0.25) is 0 Å². The average Bonchev–Trinajstić information content (AvgIpc) is 2.91. The summed E-state index contributed by atoms with van der Waals surface area (Å²) < 4.78 is 5.12. The molecule has 0 unspecified atom stereocenters. The summed E-state index contributed by atoms with van der Waals surface area (Å²) in [4.78, 5) is 3.34. The van der Waals surface area contributed by atoms with Crippen molar-refractivity contribution in [1.82, 2.24) is 10.4 Å². The molecule has 0 spiro atoms. The van der Waals surface area contributed by atoms with Gasteiger partial charge in [-0.05, 0) is 49.5 Å². The summed E-state index contributed by atoms with van der Waals surface area (Å²) in [5.41, 5.74) is 6.91. The molecular formula is C18H18N4OS. The number of para-hydroxylation sites is 1. The number of ether oxygens (including phenoxy) is 1. The number of nitrogens with one attached hydrogen (secondary N) is 3. The summed E-state index contributed by atoms with van der Waals surface area (Å²) in [6.45, 7) is 2.02. The molecule has 0 aliphatic rings. The van der Waals surface area contributed by atoms with Gasteiger partial charge in [-0.3, -0.25) is 5.43 Å². The Morgan fingerprint density at radius 2 is 1.92 bits per heavy atom. The van der Waals surface area contributed by atoms with E-state index < -0.39 is 0 Å². The molecule has 1 aromatic heterocycles. The van der Waals surface area contributed by atoms with Crippen molar-refractivity contribution < 1.29 is 4.74 Å². The second-order valence-electron chi connectivity index (χ2n) is 5.26. The summed E-state index contributed by atoms with van der Waals surface area (Å²) in [5.74, 6) is 0.798. The Morgan fingerprint density at radius 1 is 1.17 bits per heavy atom. The van der Waals surface area contributed by atoms with Crippen LogP contribution in [0.15, 0.2) is 53.6 Å². The standard InChI is InChI=1S/C18H18N4OS/c1-12-16(15-5-3-4-6-17(15)20-12)11-19-22-18(24)21-13-7-9-14(23-2)10-8-13/h3-11,20H,1-2H3,(H2,21,22,24)/b19-11+. The van der Waals surface area contributed by atoms with Crippen LogP contribution in [-0.2, 0) is 0 Å². The normalized spacial score (nSPS) is 10.9. The van der Waals surface area contributed by atoms with Gasteiger partial charge in [0.25, 0.3) is 0 Å². The monoisotopic (exact) mass is 338 g/mol. The van der Waals surface area contributed by atoms with Gasteiger partial charge in [-0.1, -0.05) is 18.2 Å². The lowest BCUT2D eigenvalue weighted by atomic mass is 10.1. The Kier molecular flexibility index (Phi) is 4.77. The third kappa shape index (κ3) is 3.55. The van der Waals surface area contributed by atoms with E-state index in [9.17, 15) is 0 Å². The van der Waals surface area contributed by atoms with E-state index in [-0.39, 0.29) is 0 Å². The number of aryl methyl sites for hydroxylation is 1. The van der Waals surface area contributed by atoms with Gasteiger partial charge in [0.1, 0.15) is 5.75 Å². The number of anilines is 1. The van der Waals surface area contributed by atoms with Crippen LogP contribution in [0, 0.1) is 6.92 Å². The lowest BCUT2D eigenvalue weighted by Crippen LogP contribution is -2.23. The van der Waals surface area contributed by atoms with E-state index in [1.165, 1.54) is 0 Å². The van der Waals surface area contributed by atoms with Crippen molar-refractivity contribution in [3.05, 3.63) is 59.8 Å². The van der Waals surface area contributed by atoms with Crippen LogP contribution < -0.4 is 15.5 Å². The molecule has 0 saturated heterocycles. The molecule has 0 atom stereocenters. The smallest absolute Gasteiger partial charge is 0.191 e. The van der Waals surface area contributed by atoms with E-state index in [1.54, 1.807) is 13.3 Å². The van der Waals surface area contributed by atoms with Crippen LogP contribution in [0.4, 0.5) is 5.69 Å². The highest BCUT2D eigenvalue weighted by molar-refractivity contribution is 7.80. The number of aromatic amines is 1. The number of nitrogens with zero attached hydrogens (tertiary/aromatic N) is 1. The molecule has 0 radical (unpaired) electrons. The van der Waals surface area contributed by atoms with E-state index >= 15 is 0 Å². The fourth-order valence-electron chi connectivity index (χ4n) is 2.45. The summed E-state index contributed by atoms with van der Waals surface area (Å²) in [6.07, 6.45) is 1.77. The number of rotatable bonds is 4. The highest BCUT2D eigenvalue weighted by Crippen LogP contribution is 2.19. The number of H-pyrrole nitrogens is 1. The van der Waals surface area contributed by atoms with Gasteiger partial charge in [-0.2, -0.15) is 5.10 Å². The molecule has 0 amide bonds. The minimum atomic E-state index is 0.425. The van der Waals surface area contributed by atoms with Crippen molar-refractivity contribution in [3.63, 3.8) is 0 Å². The van der Waals surface area contributed by atoms with Crippen LogP contribution in [-0.4, -0.2) is 23.4 Å². The number of benzene rings is 2. The second-order valence-corrected chi connectivity index (χ2v) is 5.67. The predicted molar refractivity (Wildman–Crippen MR) is 103 cm³/mol. The second kappa shape index (κ2) is 7.14. The van der Waals surface area contributed by atoms with E-state index in [4.69, 9.17) is 17.0 Å². The van der Waals surface area contributed by atoms with Crippen LogP contribution in [0.25, 0.3) is 10.9 Å². The van der Waals surface area contributed by atoms with E-state index in [2.05, 4.69) is 26.9 Å². The van der Waals surface area contributed by atoms with Gasteiger partial charge >= 0.3 is 0 Å². The van der Waals surface area contributed by atoms with Crippen molar-refractivity contribution in [3.8, 4) is 5.75 Å². The molecule has 122 valence electrons. The first-order valence-corrected chi connectivity index (χ1v) is 7.89. The fourth-order valence-corrected chi connectivity index (χ4v) is 2.62. The minimum absolute atomic E-state index is 0.425. The number of thiocarbonyl (C=S) groups is 1. The van der Waals surface area contributed by atoms with Gasteiger partial charge < -0.3 is 15.0 Å².